The number of carbonyl (C=O) groups excluding carboxylic acids is 1. The van der Waals surface area contributed by atoms with Crippen LogP contribution in [0.25, 0.3) is 0 Å². The number of epoxide rings is 1. The van der Waals surface area contributed by atoms with Crippen molar-refractivity contribution in [3.8, 4) is 0 Å². The Bertz CT molecular complexity index is 582. The zero-order valence-electron chi connectivity index (χ0n) is 16.7. The van der Waals surface area contributed by atoms with Gasteiger partial charge in [-0.25, -0.2) is 0 Å². The van der Waals surface area contributed by atoms with Crippen LogP contribution in [0.2, 0.25) is 0 Å². The Hall–Kier alpha value is -1.35. The van der Waals surface area contributed by atoms with Gasteiger partial charge in [-0.15, -0.1) is 0 Å². The third kappa shape index (κ3) is 5.85. The Labute approximate surface area is 153 Å². The minimum atomic E-state index is -0.215. The van der Waals surface area contributed by atoms with Gasteiger partial charge in [0.15, 0.2) is 0 Å². The summed E-state index contributed by atoms with van der Waals surface area (Å²) in [4.78, 5) is 11.6. The maximum atomic E-state index is 11.6. The lowest BCUT2D eigenvalue weighted by Crippen LogP contribution is -2.22. The molecule has 1 heterocycles. The number of ether oxygens (including phenoxy) is 2. The van der Waals surface area contributed by atoms with E-state index < -0.39 is 0 Å². The predicted molar refractivity (Wildman–Crippen MR) is 102 cm³/mol. The van der Waals surface area contributed by atoms with Crippen LogP contribution in [0.3, 0.4) is 0 Å². The zero-order chi connectivity index (χ0) is 18.6. The van der Waals surface area contributed by atoms with Gasteiger partial charge in [-0.1, -0.05) is 43.2 Å². The highest BCUT2D eigenvalue weighted by molar-refractivity contribution is 5.66. The van der Waals surface area contributed by atoms with Crippen molar-refractivity contribution in [1.82, 2.24) is 0 Å². The SMILES string of the molecule is CC(=O)O[C@H]1C/C(C)=C/CC[C@]2(C)O[C@@H]2CC/C(C)=C/C=C\1C(C)C. The number of esters is 1. The highest BCUT2D eigenvalue weighted by Gasteiger charge is 2.50. The Morgan fingerprint density at radius 3 is 2.64 bits per heavy atom. The molecule has 2 aliphatic rings. The molecule has 25 heavy (non-hydrogen) atoms. The van der Waals surface area contributed by atoms with Gasteiger partial charge in [-0.05, 0) is 57.9 Å². The summed E-state index contributed by atoms with van der Waals surface area (Å²) >= 11 is 0. The minimum absolute atomic E-state index is 0.0510. The van der Waals surface area contributed by atoms with E-state index >= 15 is 0 Å². The fourth-order valence-electron chi connectivity index (χ4n) is 3.64. The first kappa shape index (κ1) is 20.0. The molecule has 140 valence electrons. The van der Waals surface area contributed by atoms with Crippen LogP contribution < -0.4 is 0 Å². The average molecular weight is 347 g/mol. The summed E-state index contributed by atoms with van der Waals surface area (Å²) in [7, 11) is 0. The van der Waals surface area contributed by atoms with Crippen molar-refractivity contribution >= 4 is 5.97 Å². The monoisotopic (exact) mass is 346 g/mol. The first-order valence-corrected chi connectivity index (χ1v) is 9.59. The van der Waals surface area contributed by atoms with E-state index in [2.05, 4.69) is 52.8 Å². The lowest BCUT2D eigenvalue weighted by molar-refractivity contribution is -0.144. The Morgan fingerprint density at radius 2 is 2.00 bits per heavy atom. The van der Waals surface area contributed by atoms with Crippen LogP contribution in [0.4, 0.5) is 0 Å². The van der Waals surface area contributed by atoms with Crippen molar-refractivity contribution in [2.24, 2.45) is 5.92 Å². The second-order valence-corrected chi connectivity index (χ2v) is 8.18. The molecule has 0 aromatic rings. The molecule has 0 spiro atoms. The first-order valence-electron chi connectivity index (χ1n) is 9.59. The maximum Gasteiger partial charge on any atom is 0.303 e. The van der Waals surface area contributed by atoms with Crippen LogP contribution in [0.1, 0.15) is 73.6 Å². The third-order valence-electron chi connectivity index (χ3n) is 5.38. The van der Waals surface area contributed by atoms with Crippen molar-refractivity contribution in [1.29, 1.82) is 0 Å². The molecule has 3 heteroatoms. The van der Waals surface area contributed by atoms with Crippen LogP contribution in [0.15, 0.2) is 34.9 Å². The highest BCUT2D eigenvalue weighted by Crippen LogP contribution is 2.43. The summed E-state index contributed by atoms with van der Waals surface area (Å²) < 4.78 is 11.6. The lowest BCUT2D eigenvalue weighted by atomic mass is 9.90. The second kappa shape index (κ2) is 8.35. The minimum Gasteiger partial charge on any atom is -0.458 e. The van der Waals surface area contributed by atoms with E-state index in [9.17, 15) is 4.79 Å². The Kier molecular flexibility index (Phi) is 6.67. The zero-order valence-corrected chi connectivity index (χ0v) is 16.7. The number of carbonyl (C=O) groups is 1. The van der Waals surface area contributed by atoms with Crippen LogP contribution in [-0.2, 0) is 14.3 Å². The van der Waals surface area contributed by atoms with E-state index in [0.717, 1.165) is 32.1 Å². The third-order valence-corrected chi connectivity index (χ3v) is 5.38. The maximum absolute atomic E-state index is 11.6. The van der Waals surface area contributed by atoms with Crippen LogP contribution in [0, 0.1) is 5.92 Å². The molecular weight excluding hydrogens is 312 g/mol. The van der Waals surface area contributed by atoms with Gasteiger partial charge in [0.1, 0.15) is 6.10 Å². The van der Waals surface area contributed by atoms with Crippen molar-refractivity contribution in [3.63, 3.8) is 0 Å². The molecule has 0 aromatic carbocycles. The summed E-state index contributed by atoms with van der Waals surface area (Å²) in [5.41, 5.74) is 3.86. The Morgan fingerprint density at radius 1 is 1.28 bits per heavy atom. The molecule has 0 N–H and O–H groups in total. The molecule has 2 rings (SSSR count). The van der Waals surface area contributed by atoms with Gasteiger partial charge in [-0.2, -0.15) is 0 Å². The van der Waals surface area contributed by atoms with Crippen LogP contribution in [-0.4, -0.2) is 23.8 Å². The standard InChI is InChI=1S/C22H34O3/c1-15(2)19-11-9-16(3)10-12-21-22(6,25-21)13-7-8-17(4)14-20(19)24-18(5)23/h8-9,11,15,20-21H,7,10,12-14H2,1-6H3/b16-9+,17-8+,19-11-/t20-,21+,22-/m0/s1. The fourth-order valence-corrected chi connectivity index (χ4v) is 3.64. The van der Waals surface area contributed by atoms with Gasteiger partial charge in [-0.3, -0.25) is 4.79 Å². The van der Waals surface area contributed by atoms with Gasteiger partial charge in [0.05, 0.1) is 11.7 Å². The van der Waals surface area contributed by atoms with Gasteiger partial charge >= 0.3 is 5.97 Å². The van der Waals surface area contributed by atoms with Gasteiger partial charge < -0.3 is 9.47 Å². The Balaban J connectivity index is 2.28. The topological polar surface area (TPSA) is 38.8 Å². The second-order valence-electron chi connectivity index (χ2n) is 8.18. The molecule has 0 aromatic heterocycles. The van der Waals surface area contributed by atoms with Gasteiger partial charge in [0.25, 0.3) is 0 Å². The van der Waals surface area contributed by atoms with E-state index in [4.69, 9.17) is 9.47 Å². The lowest BCUT2D eigenvalue weighted by Gasteiger charge is -2.23. The van der Waals surface area contributed by atoms with E-state index in [0.29, 0.717) is 12.0 Å². The van der Waals surface area contributed by atoms with Crippen LogP contribution in [0.5, 0.6) is 0 Å². The number of allylic oxidation sites excluding steroid dienone is 4. The quantitative estimate of drug-likeness (QED) is 0.376. The first-order chi connectivity index (χ1) is 11.7. The molecule has 0 amide bonds. The van der Waals surface area contributed by atoms with Crippen molar-refractivity contribution in [2.75, 3.05) is 0 Å². The fraction of sp³-hybridized carbons (Fsp3) is 0.682. The number of hydrogen-bond acceptors (Lipinski definition) is 3. The molecule has 3 nitrogen and oxygen atoms in total. The molecule has 1 aliphatic heterocycles. The van der Waals surface area contributed by atoms with E-state index in [1.807, 2.05) is 0 Å². The molecule has 1 aliphatic carbocycles. The molecule has 0 unspecified atom stereocenters. The summed E-state index contributed by atoms with van der Waals surface area (Å²) in [6.45, 7) is 12.4. The average Bonchev–Trinajstić information content (AvgIpc) is 3.14. The summed E-state index contributed by atoms with van der Waals surface area (Å²) in [5.74, 6) is 0.122. The smallest absolute Gasteiger partial charge is 0.303 e. The summed E-state index contributed by atoms with van der Waals surface area (Å²) in [5, 5.41) is 0. The van der Waals surface area contributed by atoms with Crippen molar-refractivity contribution in [2.45, 2.75) is 91.5 Å². The predicted octanol–water partition coefficient (Wildman–Crippen LogP) is 5.51. The van der Waals surface area contributed by atoms with Crippen molar-refractivity contribution in [3.05, 3.63) is 34.9 Å². The van der Waals surface area contributed by atoms with Gasteiger partial charge in [0, 0.05) is 13.3 Å². The molecule has 1 saturated heterocycles. The number of fused-ring (bicyclic) bond motifs is 1. The van der Waals surface area contributed by atoms with Gasteiger partial charge in [0.2, 0.25) is 0 Å². The molecule has 0 saturated carbocycles. The normalized spacial score (nSPS) is 37.5. The molecule has 1 fully saturated rings. The number of hydrogen-bond donors (Lipinski definition) is 0. The molecular formula is C22H34O3. The molecule has 0 radical (unpaired) electrons. The summed E-state index contributed by atoms with van der Waals surface area (Å²) in [6.07, 6.45) is 11.8. The van der Waals surface area contributed by atoms with E-state index in [1.165, 1.54) is 23.6 Å². The summed E-state index contributed by atoms with van der Waals surface area (Å²) in [6, 6.07) is 0. The highest BCUT2D eigenvalue weighted by atomic mass is 16.6. The number of rotatable bonds is 2. The largest absolute Gasteiger partial charge is 0.458 e. The van der Waals surface area contributed by atoms with E-state index in [1.54, 1.807) is 0 Å². The van der Waals surface area contributed by atoms with Crippen LogP contribution >= 0.6 is 0 Å². The molecule has 3 atom stereocenters. The molecule has 0 bridgehead atoms. The van der Waals surface area contributed by atoms with Crippen molar-refractivity contribution < 1.29 is 14.3 Å². The van der Waals surface area contributed by atoms with E-state index in [-0.39, 0.29) is 17.7 Å².